The number of nitrogens with one attached hydrogen (secondary N) is 3. The maximum atomic E-state index is 5.96. The van der Waals surface area contributed by atoms with E-state index in [1.54, 1.807) is 0 Å². The summed E-state index contributed by atoms with van der Waals surface area (Å²) in [5, 5.41) is 10.1. The van der Waals surface area contributed by atoms with Crippen molar-refractivity contribution in [3.63, 3.8) is 0 Å². The van der Waals surface area contributed by atoms with Crippen molar-refractivity contribution < 1.29 is 0 Å². The summed E-state index contributed by atoms with van der Waals surface area (Å²) in [4.78, 5) is 0. The van der Waals surface area contributed by atoms with E-state index in [0.29, 0.717) is 10.8 Å². The number of hydrogen-bond donors (Lipinski definition) is 4. The molecule has 0 amide bonds. The zero-order chi connectivity index (χ0) is 16.3. The number of benzene rings is 2. The van der Waals surface area contributed by atoms with E-state index in [0.717, 1.165) is 17.1 Å². The molecular formula is C17H22N4S. The van der Waals surface area contributed by atoms with Gasteiger partial charge in [-0.25, -0.2) is 0 Å². The fourth-order valence-electron chi connectivity index (χ4n) is 2.60. The first-order chi connectivity index (χ1) is 10.4. The first-order valence-electron chi connectivity index (χ1n) is 7.14. The normalized spacial score (nSPS) is 10.2. The molecule has 2 aromatic carbocycles. The van der Waals surface area contributed by atoms with Gasteiger partial charge < -0.3 is 21.7 Å². The molecule has 116 valence electrons. The van der Waals surface area contributed by atoms with Gasteiger partial charge in [0, 0.05) is 12.7 Å². The van der Waals surface area contributed by atoms with E-state index in [4.69, 9.17) is 18.0 Å². The molecule has 0 saturated carbocycles. The van der Waals surface area contributed by atoms with Crippen molar-refractivity contribution in [2.75, 3.05) is 28.7 Å². The van der Waals surface area contributed by atoms with Gasteiger partial charge in [0.25, 0.3) is 0 Å². The number of thiocarbonyl (C=S) groups is 1. The van der Waals surface area contributed by atoms with Gasteiger partial charge >= 0.3 is 0 Å². The molecule has 0 heterocycles. The molecular weight excluding hydrogens is 292 g/mol. The van der Waals surface area contributed by atoms with Crippen LogP contribution in [-0.4, -0.2) is 12.2 Å². The van der Waals surface area contributed by atoms with Gasteiger partial charge in [0.05, 0.1) is 17.1 Å². The standard InChI is InChI=1S/C17H22N4S/c1-10-8-11(2)15(12(3)9-10)21-17(22)20-14-7-5-6-13(18)16(14)19-4/h5-9,19H,18H2,1-4H3,(H2,20,21,22). The Morgan fingerprint density at radius 2 is 1.64 bits per heavy atom. The highest BCUT2D eigenvalue weighted by Gasteiger charge is 2.09. The third kappa shape index (κ3) is 3.49. The van der Waals surface area contributed by atoms with Crippen molar-refractivity contribution in [1.29, 1.82) is 0 Å². The van der Waals surface area contributed by atoms with E-state index in [2.05, 4.69) is 48.9 Å². The third-order valence-electron chi connectivity index (χ3n) is 3.51. The molecule has 0 aliphatic rings. The highest BCUT2D eigenvalue weighted by Crippen LogP contribution is 2.28. The second kappa shape index (κ2) is 6.66. The van der Waals surface area contributed by atoms with E-state index < -0.39 is 0 Å². The predicted molar refractivity (Wildman–Crippen MR) is 101 cm³/mol. The lowest BCUT2D eigenvalue weighted by Gasteiger charge is -2.18. The van der Waals surface area contributed by atoms with Crippen LogP contribution in [0, 0.1) is 20.8 Å². The number of para-hydroxylation sites is 1. The maximum absolute atomic E-state index is 5.96. The molecule has 0 aromatic heterocycles. The lowest BCUT2D eigenvalue weighted by Crippen LogP contribution is -2.21. The van der Waals surface area contributed by atoms with Crippen LogP contribution in [0.3, 0.4) is 0 Å². The van der Waals surface area contributed by atoms with Crippen molar-refractivity contribution in [3.05, 3.63) is 47.0 Å². The lowest BCUT2D eigenvalue weighted by molar-refractivity contribution is 1.32. The molecule has 5 N–H and O–H groups in total. The first kappa shape index (κ1) is 16.1. The number of nitrogen functional groups attached to an aromatic ring is 1. The summed E-state index contributed by atoms with van der Waals surface area (Å²) in [6.07, 6.45) is 0. The molecule has 0 atom stereocenters. The first-order valence-corrected chi connectivity index (χ1v) is 7.55. The fraction of sp³-hybridized carbons (Fsp3) is 0.235. The maximum Gasteiger partial charge on any atom is 0.175 e. The minimum absolute atomic E-state index is 0.539. The second-order valence-corrected chi connectivity index (χ2v) is 5.78. The van der Waals surface area contributed by atoms with Crippen LogP contribution in [0.15, 0.2) is 30.3 Å². The highest BCUT2D eigenvalue weighted by molar-refractivity contribution is 7.80. The Labute approximate surface area is 137 Å². The summed E-state index contributed by atoms with van der Waals surface area (Å²) in [7, 11) is 1.83. The molecule has 0 unspecified atom stereocenters. The Morgan fingerprint density at radius 3 is 2.23 bits per heavy atom. The number of rotatable bonds is 3. The largest absolute Gasteiger partial charge is 0.397 e. The zero-order valence-electron chi connectivity index (χ0n) is 13.4. The average Bonchev–Trinajstić information content (AvgIpc) is 2.43. The van der Waals surface area contributed by atoms with Crippen molar-refractivity contribution >= 4 is 40.1 Å². The van der Waals surface area contributed by atoms with Crippen LogP contribution in [0.1, 0.15) is 16.7 Å². The van der Waals surface area contributed by atoms with Crippen molar-refractivity contribution in [1.82, 2.24) is 0 Å². The van der Waals surface area contributed by atoms with Gasteiger partial charge in [0.2, 0.25) is 0 Å². The van der Waals surface area contributed by atoms with Gasteiger partial charge in [0.1, 0.15) is 0 Å². The Morgan fingerprint density at radius 1 is 1.00 bits per heavy atom. The molecule has 0 saturated heterocycles. The van der Waals surface area contributed by atoms with Crippen LogP contribution in [0.4, 0.5) is 22.7 Å². The van der Waals surface area contributed by atoms with Crippen LogP contribution in [0.25, 0.3) is 0 Å². The minimum atomic E-state index is 0.539. The molecule has 0 aliphatic heterocycles. The van der Waals surface area contributed by atoms with Crippen LogP contribution >= 0.6 is 12.2 Å². The summed E-state index contributed by atoms with van der Waals surface area (Å²) in [5.74, 6) is 0. The zero-order valence-corrected chi connectivity index (χ0v) is 14.2. The number of aryl methyl sites for hydroxylation is 3. The summed E-state index contributed by atoms with van der Waals surface area (Å²) >= 11 is 5.43. The molecule has 0 spiro atoms. The van der Waals surface area contributed by atoms with E-state index in [-0.39, 0.29) is 0 Å². The highest BCUT2D eigenvalue weighted by atomic mass is 32.1. The Kier molecular flexibility index (Phi) is 4.88. The molecule has 0 fully saturated rings. The van der Waals surface area contributed by atoms with E-state index >= 15 is 0 Å². The third-order valence-corrected chi connectivity index (χ3v) is 3.71. The average molecular weight is 314 g/mol. The van der Waals surface area contributed by atoms with Gasteiger partial charge in [-0.15, -0.1) is 0 Å². The number of hydrogen-bond acceptors (Lipinski definition) is 3. The second-order valence-electron chi connectivity index (χ2n) is 5.37. The topological polar surface area (TPSA) is 62.1 Å². The lowest BCUT2D eigenvalue weighted by atomic mass is 10.1. The molecule has 4 nitrogen and oxygen atoms in total. The fourth-order valence-corrected chi connectivity index (χ4v) is 2.81. The summed E-state index contributed by atoms with van der Waals surface area (Å²) in [6, 6.07) is 9.95. The Bertz CT molecular complexity index is 687. The monoisotopic (exact) mass is 314 g/mol. The van der Waals surface area contributed by atoms with E-state index in [1.807, 2.05) is 25.2 Å². The molecule has 2 aromatic rings. The molecule has 2 rings (SSSR count). The van der Waals surface area contributed by atoms with E-state index in [1.165, 1.54) is 16.7 Å². The van der Waals surface area contributed by atoms with Crippen molar-refractivity contribution in [3.8, 4) is 0 Å². The van der Waals surface area contributed by atoms with Crippen molar-refractivity contribution in [2.24, 2.45) is 0 Å². The van der Waals surface area contributed by atoms with Crippen LogP contribution in [0.2, 0.25) is 0 Å². The van der Waals surface area contributed by atoms with Crippen LogP contribution in [-0.2, 0) is 0 Å². The molecule has 0 aliphatic carbocycles. The Hall–Kier alpha value is -2.27. The Balaban J connectivity index is 2.20. The minimum Gasteiger partial charge on any atom is -0.397 e. The molecule has 0 radical (unpaired) electrons. The van der Waals surface area contributed by atoms with Gasteiger partial charge in [-0.05, 0) is 56.2 Å². The summed E-state index contributed by atoms with van der Waals surface area (Å²) < 4.78 is 0. The van der Waals surface area contributed by atoms with Crippen LogP contribution in [0.5, 0.6) is 0 Å². The van der Waals surface area contributed by atoms with Crippen LogP contribution < -0.4 is 21.7 Å². The number of nitrogens with two attached hydrogens (primary N) is 1. The molecule has 5 heteroatoms. The van der Waals surface area contributed by atoms with Gasteiger partial charge in [0.15, 0.2) is 5.11 Å². The summed E-state index contributed by atoms with van der Waals surface area (Å²) in [6.45, 7) is 6.24. The number of anilines is 4. The smallest absolute Gasteiger partial charge is 0.175 e. The predicted octanol–water partition coefficient (Wildman–Crippen LogP) is 4.04. The van der Waals surface area contributed by atoms with Crippen molar-refractivity contribution in [2.45, 2.75) is 20.8 Å². The quantitative estimate of drug-likeness (QED) is 0.509. The van der Waals surface area contributed by atoms with Gasteiger partial charge in [-0.2, -0.15) is 0 Å². The molecule has 0 bridgehead atoms. The molecule has 22 heavy (non-hydrogen) atoms. The SMILES string of the molecule is CNc1c(N)cccc1NC(=S)Nc1c(C)cc(C)cc1C. The van der Waals surface area contributed by atoms with Gasteiger partial charge in [-0.3, -0.25) is 0 Å². The van der Waals surface area contributed by atoms with E-state index in [9.17, 15) is 0 Å². The summed E-state index contributed by atoms with van der Waals surface area (Å²) in [5.41, 5.74) is 12.9. The van der Waals surface area contributed by atoms with Gasteiger partial charge in [-0.1, -0.05) is 23.8 Å².